The van der Waals surface area contributed by atoms with E-state index in [-0.39, 0.29) is 18.2 Å². The van der Waals surface area contributed by atoms with Crippen LogP contribution in [0.3, 0.4) is 0 Å². The molecule has 5 rings (SSSR count). The van der Waals surface area contributed by atoms with Crippen molar-refractivity contribution >= 4 is 17.8 Å². The lowest BCUT2D eigenvalue weighted by Gasteiger charge is -2.48. The quantitative estimate of drug-likeness (QED) is 0.260. The maximum atomic E-state index is 13.7. The van der Waals surface area contributed by atoms with Crippen molar-refractivity contribution in [3.05, 3.63) is 101 Å². The van der Waals surface area contributed by atoms with Gasteiger partial charge in [0.25, 0.3) is 0 Å². The van der Waals surface area contributed by atoms with Gasteiger partial charge in [0.1, 0.15) is 11.6 Å². The van der Waals surface area contributed by atoms with E-state index in [1.165, 1.54) is 17.7 Å². The van der Waals surface area contributed by atoms with Gasteiger partial charge < -0.3 is 9.64 Å². The second-order valence-electron chi connectivity index (χ2n) is 9.54. The molecule has 2 heterocycles. The smallest absolute Gasteiger partial charge is 0.390 e. The first kappa shape index (κ1) is 26.4. The molecule has 0 aliphatic carbocycles. The highest BCUT2D eigenvalue weighted by atomic mass is 19.4. The number of tetrazole rings is 1. The Morgan fingerprint density at radius 3 is 2.44 bits per heavy atom. The van der Waals surface area contributed by atoms with Gasteiger partial charge in [-0.05, 0) is 83.3 Å². The van der Waals surface area contributed by atoms with Crippen molar-refractivity contribution in [3.63, 3.8) is 0 Å². The van der Waals surface area contributed by atoms with E-state index >= 15 is 0 Å². The monoisotopic (exact) mass is 537 g/mol. The predicted octanol–water partition coefficient (Wildman–Crippen LogP) is 6.27. The van der Waals surface area contributed by atoms with Crippen molar-refractivity contribution in [2.45, 2.75) is 38.0 Å². The van der Waals surface area contributed by atoms with Crippen LogP contribution in [0.1, 0.15) is 41.4 Å². The maximum Gasteiger partial charge on any atom is 0.390 e. The lowest BCUT2D eigenvalue weighted by molar-refractivity contribution is -0.137. The number of nitrogens with zero attached hydrogens (tertiary/aromatic N) is 5. The number of benzene rings is 3. The van der Waals surface area contributed by atoms with Gasteiger partial charge >= 0.3 is 6.18 Å². The summed E-state index contributed by atoms with van der Waals surface area (Å²) in [6.45, 7) is 2.52. The largest absolute Gasteiger partial charge is 0.497 e. The van der Waals surface area contributed by atoms with Gasteiger partial charge in [0.15, 0.2) is 5.82 Å². The highest BCUT2D eigenvalue weighted by Gasteiger charge is 2.40. The number of halogens is 4. The summed E-state index contributed by atoms with van der Waals surface area (Å²) < 4.78 is 56.5. The molecule has 0 spiro atoms. The predicted molar refractivity (Wildman–Crippen MR) is 141 cm³/mol. The minimum absolute atomic E-state index is 0.228. The lowest BCUT2D eigenvalue weighted by atomic mass is 9.76. The summed E-state index contributed by atoms with van der Waals surface area (Å²) in [6, 6.07) is 20.7. The molecule has 1 aliphatic rings. The van der Waals surface area contributed by atoms with Crippen LogP contribution in [0.2, 0.25) is 0 Å². The standard InChI is InChI=1S/C29H27F4N5O/c1-28(22-6-3-20(4-7-22)5-14-27-34-36-38(35-27)18-16-29(31,32)33)26-13-12-25(39-2)19-21(26)15-17-37(28)24-10-8-23(30)9-11-24/h3-14,19H,15-18H2,1-2H3. The summed E-state index contributed by atoms with van der Waals surface area (Å²) >= 11 is 0. The molecule has 4 aromatic rings. The summed E-state index contributed by atoms with van der Waals surface area (Å²) in [5.74, 6) is 0.746. The molecule has 3 aromatic carbocycles. The molecule has 0 radical (unpaired) electrons. The van der Waals surface area contributed by atoms with Gasteiger partial charge in [0, 0.05) is 12.2 Å². The summed E-state index contributed by atoms with van der Waals surface area (Å²) in [5, 5.41) is 11.5. The van der Waals surface area contributed by atoms with Gasteiger partial charge in [-0.1, -0.05) is 36.4 Å². The number of hydrogen-bond donors (Lipinski definition) is 0. The molecule has 0 bridgehead atoms. The number of alkyl halides is 3. The normalized spacial score (nSPS) is 17.4. The fraction of sp³-hybridized carbons (Fsp3) is 0.276. The van der Waals surface area contributed by atoms with Crippen LogP contribution >= 0.6 is 0 Å². The van der Waals surface area contributed by atoms with Gasteiger partial charge in [-0.25, -0.2) is 4.39 Å². The van der Waals surface area contributed by atoms with Crippen LogP contribution in [0.5, 0.6) is 5.75 Å². The van der Waals surface area contributed by atoms with Crippen molar-refractivity contribution in [1.82, 2.24) is 20.2 Å². The minimum atomic E-state index is -4.28. The number of hydrogen-bond acceptors (Lipinski definition) is 5. The minimum Gasteiger partial charge on any atom is -0.497 e. The van der Waals surface area contributed by atoms with Crippen molar-refractivity contribution in [2.75, 3.05) is 18.6 Å². The van der Waals surface area contributed by atoms with E-state index in [9.17, 15) is 17.6 Å². The van der Waals surface area contributed by atoms with E-state index in [2.05, 4.69) is 39.4 Å². The number of aromatic nitrogens is 4. The SMILES string of the molecule is COc1ccc2c(c1)CCN(c1ccc(F)cc1)C2(C)c1ccc(C=Cc2nnn(CCC(F)(F)F)n2)cc1. The van der Waals surface area contributed by atoms with Crippen LogP contribution in [0.15, 0.2) is 66.7 Å². The Kier molecular flexibility index (Phi) is 7.12. The van der Waals surface area contributed by atoms with Crippen LogP contribution in [-0.2, 0) is 18.5 Å². The number of rotatable bonds is 7. The van der Waals surface area contributed by atoms with Crippen molar-refractivity contribution in [3.8, 4) is 5.75 Å². The molecular weight excluding hydrogens is 510 g/mol. The molecule has 0 N–H and O–H groups in total. The van der Waals surface area contributed by atoms with Gasteiger partial charge in [-0.2, -0.15) is 18.0 Å². The van der Waals surface area contributed by atoms with Gasteiger partial charge in [0.2, 0.25) is 0 Å². The summed E-state index contributed by atoms with van der Waals surface area (Å²) in [6.07, 6.45) is -1.08. The zero-order valence-electron chi connectivity index (χ0n) is 21.5. The van der Waals surface area contributed by atoms with Gasteiger partial charge in [-0.15, -0.1) is 10.2 Å². The number of fused-ring (bicyclic) bond motifs is 1. The highest BCUT2D eigenvalue weighted by Crippen LogP contribution is 2.44. The molecule has 10 heteroatoms. The third-order valence-electron chi connectivity index (χ3n) is 7.08. The van der Waals surface area contributed by atoms with E-state index in [0.717, 1.165) is 45.9 Å². The highest BCUT2D eigenvalue weighted by molar-refractivity contribution is 5.67. The van der Waals surface area contributed by atoms with E-state index in [1.54, 1.807) is 31.4 Å². The average Bonchev–Trinajstić information content (AvgIpc) is 3.39. The number of ether oxygens (including phenoxy) is 1. The molecule has 0 saturated heterocycles. The Morgan fingerprint density at radius 1 is 1.00 bits per heavy atom. The summed E-state index contributed by atoms with van der Waals surface area (Å²) in [7, 11) is 1.65. The third kappa shape index (κ3) is 5.64. The number of aryl methyl sites for hydroxylation is 1. The third-order valence-corrected chi connectivity index (χ3v) is 7.08. The van der Waals surface area contributed by atoms with Crippen molar-refractivity contribution in [2.24, 2.45) is 0 Å². The summed E-state index contributed by atoms with van der Waals surface area (Å²) in [5.41, 5.74) is 4.63. The van der Waals surface area contributed by atoms with Crippen LogP contribution in [0, 0.1) is 5.82 Å². The lowest BCUT2D eigenvalue weighted by Crippen LogP contribution is -2.49. The first-order valence-corrected chi connectivity index (χ1v) is 12.5. The molecule has 1 atom stereocenters. The maximum absolute atomic E-state index is 13.7. The van der Waals surface area contributed by atoms with Crippen LogP contribution in [0.4, 0.5) is 23.2 Å². The molecule has 6 nitrogen and oxygen atoms in total. The van der Waals surface area contributed by atoms with E-state index in [1.807, 2.05) is 30.3 Å². The summed E-state index contributed by atoms with van der Waals surface area (Å²) in [4.78, 5) is 3.23. The molecule has 0 amide bonds. The molecule has 39 heavy (non-hydrogen) atoms. The Morgan fingerprint density at radius 2 is 1.74 bits per heavy atom. The van der Waals surface area contributed by atoms with Gasteiger partial charge in [0.05, 0.1) is 25.6 Å². The molecule has 0 saturated carbocycles. The Bertz CT molecular complexity index is 1460. The first-order valence-electron chi connectivity index (χ1n) is 12.5. The van der Waals surface area contributed by atoms with Crippen molar-refractivity contribution in [1.29, 1.82) is 0 Å². The molecule has 202 valence electrons. The fourth-order valence-electron chi connectivity index (χ4n) is 5.03. The van der Waals surface area contributed by atoms with E-state index in [0.29, 0.717) is 0 Å². The average molecular weight is 538 g/mol. The molecule has 1 aliphatic heterocycles. The molecular formula is C29H27F4N5O. The topological polar surface area (TPSA) is 56.1 Å². The fourth-order valence-corrected chi connectivity index (χ4v) is 5.03. The van der Waals surface area contributed by atoms with Crippen molar-refractivity contribution < 1.29 is 22.3 Å². The van der Waals surface area contributed by atoms with Crippen LogP contribution < -0.4 is 9.64 Å². The molecule has 1 unspecified atom stereocenters. The van der Waals surface area contributed by atoms with E-state index in [4.69, 9.17) is 4.74 Å². The Balaban J connectivity index is 1.43. The van der Waals surface area contributed by atoms with E-state index < -0.39 is 18.1 Å². The molecule has 1 aromatic heterocycles. The Labute approximate surface area is 223 Å². The van der Waals surface area contributed by atoms with Gasteiger partial charge in [-0.3, -0.25) is 0 Å². The molecule has 0 fully saturated rings. The number of anilines is 1. The second-order valence-corrected chi connectivity index (χ2v) is 9.54. The first-order chi connectivity index (χ1) is 18.7. The van der Waals surface area contributed by atoms with Crippen LogP contribution in [0.25, 0.3) is 12.2 Å². The Hall–Kier alpha value is -4.21. The zero-order chi connectivity index (χ0) is 27.6. The second kappa shape index (κ2) is 10.5. The van der Waals surface area contributed by atoms with Crippen LogP contribution in [-0.4, -0.2) is 40.0 Å². The zero-order valence-corrected chi connectivity index (χ0v) is 21.5. The number of methoxy groups -OCH3 is 1.